The summed E-state index contributed by atoms with van der Waals surface area (Å²) in [6.07, 6.45) is 8.70. The Morgan fingerprint density at radius 3 is 2.19 bits per heavy atom. The van der Waals surface area contributed by atoms with Gasteiger partial charge in [-0.15, -0.1) is 0 Å². The van der Waals surface area contributed by atoms with Crippen LogP contribution >= 0.6 is 0 Å². The summed E-state index contributed by atoms with van der Waals surface area (Å²) in [5.74, 6) is 1.29. The van der Waals surface area contributed by atoms with Gasteiger partial charge in [0.05, 0.1) is 0 Å². The number of carbonyl (C=O) groups is 1. The van der Waals surface area contributed by atoms with Gasteiger partial charge in [-0.3, -0.25) is 9.69 Å². The Kier molecular flexibility index (Phi) is 6.97. The van der Waals surface area contributed by atoms with Crippen LogP contribution in [0.15, 0.2) is 0 Å². The zero-order chi connectivity index (χ0) is 15.1. The van der Waals surface area contributed by atoms with Crippen molar-refractivity contribution in [2.75, 3.05) is 39.3 Å². The molecule has 4 nitrogen and oxygen atoms in total. The third-order valence-corrected chi connectivity index (χ3v) is 5.11. The van der Waals surface area contributed by atoms with Gasteiger partial charge >= 0.3 is 0 Å². The van der Waals surface area contributed by atoms with Gasteiger partial charge in [0.1, 0.15) is 0 Å². The third kappa shape index (κ3) is 5.26. The Morgan fingerprint density at radius 1 is 1.05 bits per heavy atom. The van der Waals surface area contributed by atoms with Crippen LogP contribution in [0, 0.1) is 11.8 Å². The average molecular weight is 295 g/mol. The van der Waals surface area contributed by atoms with E-state index in [1.165, 1.54) is 32.1 Å². The molecule has 122 valence electrons. The highest BCUT2D eigenvalue weighted by atomic mass is 16.2. The lowest BCUT2D eigenvalue weighted by atomic mass is 9.90. The number of hydrogen-bond donors (Lipinski definition) is 1. The molecule has 0 aromatic heterocycles. The van der Waals surface area contributed by atoms with Crippen LogP contribution in [0.5, 0.6) is 0 Å². The summed E-state index contributed by atoms with van der Waals surface area (Å²) < 4.78 is 0. The number of amides is 1. The highest BCUT2D eigenvalue weighted by Crippen LogP contribution is 2.24. The fourth-order valence-corrected chi connectivity index (χ4v) is 3.63. The molecule has 1 heterocycles. The van der Waals surface area contributed by atoms with Gasteiger partial charge in [0.15, 0.2) is 0 Å². The predicted molar refractivity (Wildman–Crippen MR) is 87.0 cm³/mol. The Balaban J connectivity index is 1.76. The zero-order valence-electron chi connectivity index (χ0n) is 13.7. The van der Waals surface area contributed by atoms with Crippen molar-refractivity contribution in [2.24, 2.45) is 17.6 Å². The molecule has 1 saturated heterocycles. The largest absolute Gasteiger partial charge is 0.340 e. The molecule has 1 amide bonds. The Bertz CT molecular complexity index is 305. The van der Waals surface area contributed by atoms with E-state index in [1.807, 2.05) is 0 Å². The molecule has 2 N–H and O–H groups in total. The fourth-order valence-electron chi connectivity index (χ4n) is 3.63. The summed E-state index contributed by atoms with van der Waals surface area (Å²) in [6.45, 7) is 7.88. The van der Waals surface area contributed by atoms with Gasteiger partial charge in [-0.25, -0.2) is 0 Å². The normalized spacial score (nSPS) is 24.4. The highest BCUT2D eigenvalue weighted by molar-refractivity contribution is 5.79. The monoisotopic (exact) mass is 295 g/mol. The van der Waals surface area contributed by atoms with E-state index >= 15 is 0 Å². The summed E-state index contributed by atoms with van der Waals surface area (Å²) in [5, 5.41) is 0. The van der Waals surface area contributed by atoms with E-state index in [0.717, 1.165) is 52.1 Å². The maximum atomic E-state index is 12.7. The molecule has 0 aromatic carbocycles. The summed E-state index contributed by atoms with van der Waals surface area (Å²) in [7, 11) is 0. The van der Waals surface area contributed by atoms with Crippen molar-refractivity contribution in [1.29, 1.82) is 0 Å². The first-order chi connectivity index (χ1) is 10.2. The molecule has 1 unspecified atom stereocenters. The van der Waals surface area contributed by atoms with Gasteiger partial charge in [0.25, 0.3) is 0 Å². The van der Waals surface area contributed by atoms with E-state index in [2.05, 4.69) is 16.7 Å². The van der Waals surface area contributed by atoms with Crippen LogP contribution in [0.25, 0.3) is 0 Å². The average Bonchev–Trinajstić information content (AvgIpc) is 2.47. The number of nitrogens with zero attached hydrogens (tertiary/aromatic N) is 2. The summed E-state index contributed by atoms with van der Waals surface area (Å²) >= 11 is 0. The van der Waals surface area contributed by atoms with Crippen LogP contribution in [-0.2, 0) is 4.79 Å². The second-order valence-electron chi connectivity index (χ2n) is 7.01. The number of rotatable bonds is 4. The zero-order valence-corrected chi connectivity index (χ0v) is 13.7. The first-order valence-corrected chi connectivity index (χ1v) is 8.92. The Labute approximate surface area is 130 Å². The lowest BCUT2D eigenvalue weighted by Crippen LogP contribution is -2.51. The molecule has 2 rings (SSSR count). The van der Waals surface area contributed by atoms with Crippen molar-refractivity contribution in [3.63, 3.8) is 0 Å². The van der Waals surface area contributed by atoms with E-state index in [1.54, 1.807) is 0 Å². The van der Waals surface area contributed by atoms with Crippen molar-refractivity contribution in [3.8, 4) is 0 Å². The van der Waals surface area contributed by atoms with Crippen LogP contribution < -0.4 is 5.73 Å². The number of carbonyl (C=O) groups excluding carboxylic acids is 1. The number of piperazine rings is 1. The smallest absolute Gasteiger partial charge is 0.225 e. The van der Waals surface area contributed by atoms with Gasteiger partial charge in [-0.2, -0.15) is 0 Å². The maximum Gasteiger partial charge on any atom is 0.225 e. The Hall–Kier alpha value is -0.610. The summed E-state index contributed by atoms with van der Waals surface area (Å²) in [4.78, 5) is 17.3. The standard InChI is InChI=1S/C17H33N3O/c1-15(13-18)14-19-9-11-20(12-10-19)17(21)16-7-5-3-2-4-6-8-16/h15-16H,2-14,18H2,1H3. The quantitative estimate of drug-likeness (QED) is 0.864. The molecular formula is C17H33N3O. The second-order valence-corrected chi connectivity index (χ2v) is 7.01. The minimum Gasteiger partial charge on any atom is -0.340 e. The SMILES string of the molecule is CC(CN)CN1CCN(C(=O)C2CCCCCCC2)CC1. The van der Waals surface area contributed by atoms with Gasteiger partial charge in [-0.1, -0.05) is 39.0 Å². The molecule has 2 fully saturated rings. The molecule has 0 bridgehead atoms. The summed E-state index contributed by atoms with van der Waals surface area (Å²) in [5.41, 5.74) is 5.70. The molecule has 0 spiro atoms. The van der Waals surface area contributed by atoms with Crippen molar-refractivity contribution in [3.05, 3.63) is 0 Å². The molecule has 1 atom stereocenters. The van der Waals surface area contributed by atoms with Gasteiger partial charge < -0.3 is 10.6 Å². The van der Waals surface area contributed by atoms with Gasteiger partial charge in [0, 0.05) is 38.6 Å². The third-order valence-electron chi connectivity index (χ3n) is 5.11. The minimum absolute atomic E-state index is 0.305. The van der Waals surface area contributed by atoms with E-state index in [4.69, 9.17) is 5.73 Å². The molecule has 1 aliphatic carbocycles. The molecule has 1 aliphatic heterocycles. The van der Waals surface area contributed by atoms with Crippen molar-refractivity contribution < 1.29 is 4.79 Å². The van der Waals surface area contributed by atoms with Crippen molar-refractivity contribution >= 4 is 5.91 Å². The highest BCUT2D eigenvalue weighted by Gasteiger charge is 2.27. The molecule has 4 heteroatoms. The first kappa shape index (κ1) is 16.8. The molecule has 1 saturated carbocycles. The van der Waals surface area contributed by atoms with Crippen molar-refractivity contribution in [1.82, 2.24) is 9.80 Å². The van der Waals surface area contributed by atoms with E-state index in [9.17, 15) is 4.79 Å². The first-order valence-electron chi connectivity index (χ1n) is 8.92. The molecule has 21 heavy (non-hydrogen) atoms. The van der Waals surface area contributed by atoms with Crippen LogP contribution in [0.4, 0.5) is 0 Å². The van der Waals surface area contributed by atoms with Crippen LogP contribution in [0.1, 0.15) is 51.9 Å². The van der Waals surface area contributed by atoms with Gasteiger partial charge in [-0.05, 0) is 25.3 Å². The lowest BCUT2D eigenvalue weighted by molar-refractivity contribution is -0.138. The van der Waals surface area contributed by atoms with Gasteiger partial charge in [0.2, 0.25) is 5.91 Å². The predicted octanol–water partition coefficient (Wildman–Crippen LogP) is 2.09. The number of hydrogen-bond acceptors (Lipinski definition) is 3. The topological polar surface area (TPSA) is 49.6 Å². The maximum absolute atomic E-state index is 12.7. The minimum atomic E-state index is 0.305. The molecular weight excluding hydrogens is 262 g/mol. The second kappa shape index (κ2) is 8.74. The van der Waals surface area contributed by atoms with E-state index in [0.29, 0.717) is 17.7 Å². The molecule has 2 aliphatic rings. The van der Waals surface area contributed by atoms with Crippen molar-refractivity contribution in [2.45, 2.75) is 51.9 Å². The summed E-state index contributed by atoms with van der Waals surface area (Å²) in [6, 6.07) is 0. The van der Waals surface area contributed by atoms with E-state index < -0.39 is 0 Å². The van der Waals surface area contributed by atoms with Crippen LogP contribution in [0.3, 0.4) is 0 Å². The van der Waals surface area contributed by atoms with Crippen LogP contribution in [0.2, 0.25) is 0 Å². The fraction of sp³-hybridized carbons (Fsp3) is 0.941. The van der Waals surface area contributed by atoms with Crippen LogP contribution in [-0.4, -0.2) is 55.0 Å². The molecule has 0 radical (unpaired) electrons. The molecule has 0 aromatic rings. The number of nitrogens with two attached hydrogens (primary N) is 1. The Morgan fingerprint density at radius 2 is 1.62 bits per heavy atom. The van der Waals surface area contributed by atoms with E-state index in [-0.39, 0.29) is 0 Å². The lowest BCUT2D eigenvalue weighted by Gasteiger charge is -2.37.